The number of rotatable bonds is 5. The molecule has 0 spiro atoms. The lowest BCUT2D eigenvalue weighted by atomic mass is 10.1. The third-order valence-electron chi connectivity index (χ3n) is 2.73. The zero-order valence-corrected chi connectivity index (χ0v) is 11.8. The molecule has 0 aromatic heterocycles. The summed E-state index contributed by atoms with van der Waals surface area (Å²) in [6.07, 6.45) is 2.34. The molecule has 98 valence electrons. The van der Waals surface area contributed by atoms with Gasteiger partial charge in [-0.15, -0.1) is 0 Å². The van der Waals surface area contributed by atoms with Crippen molar-refractivity contribution in [3.05, 3.63) is 0 Å². The van der Waals surface area contributed by atoms with Gasteiger partial charge in [0.1, 0.15) is 6.04 Å². The number of carbonyl (C=O) groups is 1. The molecular weight excluding hydrogens is 236 g/mol. The lowest BCUT2D eigenvalue weighted by molar-refractivity contribution is -0.143. The van der Waals surface area contributed by atoms with E-state index in [1.165, 1.54) is 20.0 Å². The molecule has 4 nitrogen and oxygen atoms in total. The number of nitrogens with zero attached hydrogens (tertiary/aromatic N) is 1. The van der Waals surface area contributed by atoms with E-state index in [9.17, 15) is 4.79 Å². The second kappa shape index (κ2) is 6.89. The molecule has 0 bridgehead atoms. The van der Waals surface area contributed by atoms with Crippen molar-refractivity contribution in [3.8, 4) is 0 Å². The molecule has 0 fully saturated rings. The maximum atomic E-state index is 11.6. The fourth-order valence-corrected chi connectivity index (χ4v) is 2.89. The lowest BCUT2D eigenvalue weighted by Crippen LogP contribution is -2.43. The number of aliphatic imine (C=N–C) groups is 1. The summed E-state index contributed by atoms with van der Waals surface area (Å²) in [5, 5.41) is 4.64. The van der Waals surface area contributed by atoms with E-state index >= 15 is 0 Å². The number of hydrogen-bond donors (Lipinski definition) is 1. The van der Waals surface area contributed by atoms with Gasteiger partial charge in [-0.1, -0.05) is 39.0 Å². The first-order chi connectivity index (χ1) is 8.08. The minimum atomic E-state index is -0.299. The van der Waals surface area contributed by atoms with Crippen molar-refractivity contribution < 1.29 is 9.53 Å². The molecule has 17 heavy (non-hydrogen) atoms. The molecule has 2 atom stereocenters. The minimum absolute atomic E-state index is 0.191. The molecule has 0 aromatic rings. The Morgan fingerprint density at radius 3 is 2.88 bits per heavy atom. The third kappa shape index (κ3) is 4.22. The van der Waals surface area contributed by atoms with Crippen molar-refractivity contribution in [2.45, 2.75) is 44.9 Å². The number of methoxy groups -OCH3 is 1. The summed E-state index contributed by atoms with van der Waals surface area (Å²) >= 11 is 1.74. The molecule has 2 unspecified atom stereocenters. The van der Waals surface area contributed by atoms with E-state index in [1.54, 1.807) is 11.8 Å². The summed E-state index contributed by atoms with van der Waals surface area (Å²) in [7, 11) is 1.42. The van der Waals surface area contributed by atoms with Gasteiger partial charge in [0, 0.05) is 5.25 Å². The molecule has 0 radical (unpaired) electrons. The van der Waals surface area contributed by atoms with Crippen molar-refractivity contribution in [3.63, 3.8) is 0 Å². The lowest BCUT2D eigenvalue weighted by Gasteiger charge is -2.20. The van der Waals surface area contributed by atoms with Gasteiger partial charge in [0.2, 0.25) is 0 Å². The Morgan fingerprint density at radius 2 is 2.35 bits per heavy atom. The van der Waals surface area contributed by atoms with Crippen LogP contribution in [0.4, 0.5) is 0 Å². The normalized spacial score (nSPS) is 21.2. The SMILES string of the molecule is CCCC1CN=C(NC(C(=O)OC)C(C)C)S1. The first kappa shape index (κ1) is 14.4. The van der Waals surface area contributed by atoms with Crippen LogP contribution in [0.25, 0.3) is 0 Å². The van der Waals surface area contributed by atoms with Gasteiger partial charge in [-0.3, -0.25) is 4.99 Å². The fraction of sp³-hybridized carbons (Fsp3) is 0.833. The van der Waals surface area contributed by atoms with Crippen molar-refractivity contribution in [2.75, 3.05) is 13.7 Å². The zero-order chi connectivity index (χ0) is 12.8. The van der Waals surface area contributed by atoms with Crippen molar-refractivity contribution in [2.24, 2.45) is 10.9 Å². The molecule has 1 aliphatic rings. The van der Waals surface area contributed by atoms with Crippen LogP contribution >= 0.6 is 11.8 Å². The van der Waals surface area contributed by atoms with Crippen LogP contribution < -0.4 is 5.32 Å². The minimum Gasteiger partial charge on any atom is -0.467 e. The van der Waals surface area contributed by atoms with Crippen LogP contribution in [0.15, 0.2) is 4.99 Å². The van der Waals surface area contributed by atoms with Gasteiger partial charge in [0.15, 0.2) is 5.17 Å². The Kier molecular flexibility index (Phi) is 5.82. The number of nitrogens with one attached hydrogen (secondary N) is 1. The summed E-state index contributed by atoms with van der Waals surface area (Å²) in [6, 6.07) is -0.299. The molecule has 1 heterocycles. The maximum absolute atomic E-state index is 11.6. The van der Waals surface area contributed by atoms with E-state index < -0.39 is 0 Å². The first-order valence-electron chi connectivity index (χ1n) is 6.14. The van der Waals surface area contributed by atoms with Gasteiger partial charge in [0.05, 0.1) is 13.7 Å². The predicted octanol–water partition coefficient (Wildman–Crippen LogP) is 2.05. The average Bonchev–Trinajstić information content (AvgIpc) is 2.73. The van der Waals surface area contributed by atoms with Crippen LogP contribution in [-0.2, 0) is 9.53 Å². The Hall–Kier alpha value is -0.710. The third-order valence-corrected chi connectivity index (χ3v) is 3.92. The Balaban J connectivity index is 2.49. The standard InChI is InChI=1S/C12H22N2O2S/c1-5-6-9-7-13-12(17-9)14-10(8(2)3)11(15)16-4/h8-10H,5-7H2,1-4H3,(H,13,14). The largest absolute Gasteiger partial charge is 0.467 e. The molecule has 0 aromatic carbocycles. The summed E-state index contributed by atoms with van der Waals surface area (Å²) in [5.41, 5.74) is 0. The number of carbonyl (C=O) groups excluding carboxylic acids is 1. The van der Waals surface area contributed by atoms with E-state index in [0.717, 1.165) is 11.7 Å². The number of ether oxygens (including phenoxy) is 1. The summed E-state index contributed by atoms with van der Waals surface area (Å²) in [5.74, 6) is -0.0294. The topological polar surface area (TPSA) is 50.7 Å². The summed E-state index contributed by atoms with van der Waals surface area (Å²) in [4.78, 5) is 16.0. The van der Waals surface area contributed by atoms with Crippen LogP contribution in [0, 0.1) is 5.92 Å². The quantitative estimate of drug-likeness (QED) is 0.767. The van der Waals surface area contributed by atoms with E-state index in [0.29, 0.717) is 5.25 Å². The van der Waals surface area contributed by atoms with Gasteiger partial charge in [0.25, 0.3) is 0 Å². The van der Waals surface area contributed by atoms with Crippen molar-refractivity contribution >= 4 is 22.9 Å². The van der Waals surface area contributed by atoms with E-state index in [2.05, 4.69) is 17.2 Å². The molecular formula is C12H22N2O2S. The van der Waals surface area contributed by atoms with Gasteiger partial charge in [-0.2, -0.15) is 0 Å². The molecule has 0 saturated carbocycles. The maximum Gasteiger partial charge on any atom is 0.328 e. The van der Waals surface area contributed by atoms with Gasteiger partial charge in [-0.05, 0) is 12.3 Å². The van der Waals surface area contributed by atoms with E-state index in [4.69, 9.17) is 4.74 Å². The first-order valence-corrected chi connectivity index (χ1v) is 7.01. The van der Waals surface area contributed by atoms with Gasteiger partial charge in [-0.25, -0.2) is 4.79 Å². The second-order valence-electron chi connectivity index (χ2n) is 4.56. The highest BCUT2D eigenvalue weighted by Gasteiger charge is 2.27. The monoisotopic (exact) mass is 258 g/mol. The number of thioether (sulfide) groups is 1. The number of hydrogen-bond acceptors (Lipinski definition) is 5. The predicted molar refractivity (Wildman–Crippen MR) is 72.4 cm³/mol. The van der Waals surface area contributed by atoms with Gasteiger partial charge < -0.3 is 10.1 Å². The van der Waals surface area contributed by atoms with Crippen molar-refractivity contribution in [1.29, 1.82) is 0 Å². The van der Waals surface area contributed by atoms with Crippen LogP contribution in [0.2, 0.25) is 0 Å². The van der Waals surface area contributed by atoms with Crippen LogP contribution in [-0.4, -0.2) is 36.1 Å². The zero-order valence-electron chi connectivity index (χ0n) is 11.0. The second-order valence-corrected chi connectivity index (χ2v) is 5.85. The van der Waals surface area contributed by atoms with E-state index in [1.807, 2.05) is 13.8 Å². The average molecular weight is 258 g/mol. The highest BCUT2D eigenvalue weighted by atomic mass is 32.2. The van der Waals surface area contributed by atoms with E-state index in [-0.39, 0.29) is 17.9 Å². The van der Waals surface area contributed by atoms with Crippen LogP contribution in [0.3, 0.4) is 0 Å². The molecule has 1 rings (SSSR count). The molecule has 0 amide bonds. The fourth-order valence-electron chi connectivity index (χ4n) is 1.73. The number of amidine groups is 1. The van der Waals surface area contributed by atoms with Crippen LogP contribution in [0.5, 0.6) is 0 Å². The summed E-state index contributed by atoms with van der Waals surface area (Å²) < 4.78 is 4.79. The van der Waals surface area contributed by atoms with Gasteiger partial charge >= 0.3 is 5.97 Å². The Labute approximate surface area is 108 Å². The highest BCUT2D eigenvalue weighted by Crippen LogP contribution is 2.24. The highest BCUT2D eigenvalue weighted by molar-refractivity contribution is 8.14. The smallest absolute Gasteiger partial charge is 0.328 e. The molecule has 1 N–H and O–H groups in total. The number of esters is 1. The molecule has 1 aliphatic heterocycles. The van der Waals surface area contributed by atoms with Crippen LogP contribution in [0.1, 0.15) is 33.6 Å². The van der Waals surface area contributed by atoms with Crippen molar-refractivity contribution in [1.82, 2.24) is 5.32 Å². The summed E-state index contributed by atoms with van der Waals surface area (Å²) in [6.45, 7) is 7.03. The molecule has 0 saturated heterocycles. The Morgan fingerprint density at radius 1 is 1.65 bits per heavy atom. The Bertz CT molecular complexity index is 292. The molecule has 5 heteroatoms. The molecule has 0 aliphatic carbocycles.